The molecule has 0 saturated heterocycles. The number of aromatic nitrogens is 2. The highest BCUT2D eigenvalue weighted by molar-refractivity contribution is 6.29. The topological polar surface area (TPSA) is 17.8 Å². The van der Waals surface area contributed by atoms with Gasteiger partial charge in [0.05, 0.1) is 11.3 Å². The summed E-state index contributed by atoms with van der Waals surface area (Å²) in [5.74, 6) is 0. The normalized spacial score (nSPS) is 11.8. The number of aryl methyl sites for hydroxylation is 1. The summed E-state index contributed by atoms with van der Waals surface area (Å²) in [6, 6.07) is 6.41. The Bertz CT molecular complexity index is 509. The first-order valence-electron chi connectivity index (χ1n) is 4.75. The van der Waals surface area contributed by atoms with E-state index >= 15 is 0 Å². The minimum atomic E-state index is -4.32. The molecule has 90 valence electrons. The van der Waals surface area contributed by atoms with E-state index in [0.717, 1.165) is 12.1 Å². The molecule has 17 heavy (non-hydrogen) atoms. The molecular weight excluding hydrogens is 253 g/mol. The number of benzene rings is 1. The van der Waals surface area contributed by atoms with E-state index in [4.69, 9.17) is 11.6 Å². The SMILES string of the molecule is Cn1nc(-c2ccc(C(F)(F)F)cc2)cc1Cl. The minimum absolute atomic E-state index is 0.430. The average molecular weight is 261 g/mol. The van der Waals surface area contributed by atoms with E-state index in [0.29, 0.717) is 16.4 Å². The van der Waals surface area contributed by atoms with Crippen LogP contribution in [0.15, 0.2) is 30.3 Å². The Labute approximate surface area is 101 Å². The van der Waals surface area contributed by atoms with Crippen molar-refractivity contribution in [3.05, 3.63) is 41.0 Å². The summed E-state index contributed by atoms with van der Waals surface area (Å²) in [5.41, 5.74) is 0.468. The molecule has 0 bridgehead atoms. The molecule has 0 aliphatic heterocycles. The van der Waals surface area contributed by atoms with Gasteiger partial charge in [-0.3, -0.25) is 4.68 Å². The van der Waals surface area contributed by atoms with Crippen LogP contribution in [-0.4, -0.2) is 9.78 Å². The van der Waals surface area contributed by atoms with Gasteiger partial charge in [-0.1, -0.05) is 23.7 Å². The molecule has 0 fully saturated rings. The Morgan fingerprint density at radius 1 is 1.18 bits per heavy atom. The monoisotopic (exact) mass is 260 g/mol. The molecule has 2 aromatic rings. The molecule has 2 nitrogen and oxygen atoms in total. The van der Waals surface area contributed by atoms with Gasteiger partial charge in [0.1, 0.15) is 5.15 Å². The highest BCUT2D eigenvalue weighted by atomic mass is 35.5. The van der Waals surface area contributed by atoms with Crippen LogP contribution >= 0.6 is 11.6 Å². The van der Waals surface area contributed by atoms with Crippen LogP contribution in [0.2, 0.25) is 5.15 Å². The first-order valence-corrected chi connectivity index (χ1v) is 5.13. The molecule has 0 unspecified atom stereocenters. The van der Waals surface area contributed by atoms with Gasteiger partial charge in [0, 0.05) is 18.7 Å². The minimum Gasteiger partial charge on any atom is -0.256 e. The van der Waals surface area contributed by atoms with Crippen LogP contribution in [0.5, 0.6) is 0 Å². The summed E-state index contributed by atoms with van der Waals surface area (Å²) in [6.45, 7) is 0. The molecule has 0 aliphatic carbocycles. The van der Waals surface area contributed by atoms with Crippen molar-refractivity contribution in [2.24, 2.45) is 7.05 Å². The molecule has 1 aromatic heterocycles. The fourth-order valence-electron chi connectivity index (χ4n) is 1.42. The van der Waals surface area contributed by atoms with E-state index in [-0.39, 0.29) is 0 Å². The molecule has 0 radical (unpaired) electrons. The van der Waals surface area contributed by atoms with E-state index < -0.39 is 11.7 Å². The van der Waals surface area contributed by atoms with E-state index in [1.807, 2.05) is 0 Å². The summed E-state index contributed by atoms with van der Waals surface area (Å²) in [6.07, 6.45) is -4.32. The van der Waals surface area contributed by atoms with Crippen LogP contribution in [0, 0.1) is 0 Å². The molecule has 0 amide bonds. The van der Waals surface area contributed by atoms with Crippen LogP contribution in [-0.2, 0) is 13.2 Å². The van der Waals surface area contributed by atoms with Gasteiger partial charge in [-0.25, -0.2) is 0 Å². The predicted octanol–water partition coefficient (Wildman–Crippen LogP) is 3.76. The summed E-state index contributed by atoms with van der Waals surface area (Å²) in [7, 11) is 1.66. The van der Waals surface area contributed by atoms with Gasteiger partial charge in [0.2, 0.25) is 0 Å². The van der Waals surface area contributed by atoms with Crippen molar-refractivity contribution >= 4 is 11.6 Å². The van der Waals surface area contributed by atoms with E-state index in [1.165, 1.54) is 16.8 Å². The number of rotatable bonds is 1. The molecule has 0 atom stereocenters. The third-order valence-corrected chi connectivity index (χ3v) is 2.68. The third kappa shape index (κ3) is 2.44. The number of hydrogen-bond donors (Lipinski definition) is 0. The molecule has 0 aliphatic rings. The first-order chi connectivity index (χ1) is 7.88. The largest absolute Gasteiger partial charge is 0.416 e. The van der Waals surface area contributed by atoms with Crippen molar-refractivity contribution in [1.29, 1.82) is 0 Å². The van der Waals surface area contributed by atoms with Crippen molar-refractivity contribution < 1.29 is 13.2 Å². The van der Waals surface area contributed by atoms with Crippen molar-refractivity contribution in [2.75, 3.05) is 0 Å². The maximum atomic E-state index is 12.3. The quantitative estimate of drug-likeness (QED) is 0.763. The summed E-state index contributed by atoms with van der Waals surface area (Å²) in [5, 5.41) is 4.51. The van der Waals surface area contributed by atoms with Crippen LogP contribution in [0.1, 0.15) is 5.56 Å². The van der Waals surface area contributed by atoms with Crippen LogP contribution < -0.4 is 0 Å². The highest BCUT2D eigenvalue weighted by Gasteiger charge is 2.30. The lowest BCUT2D eigenvalue weighted by Gasteiger charge is -2.06. The van der Waals surface area contributed by atoms with Gasteiger partial charge in [0.15, 0.2) is 0 Å². The number of alkyl halides is 3. The second kappa shape index (κ2) is 4.07. The van der Waals surface area contributed by atoms with Crippen molar-refractivity contribution in [3.63, 3.8) is 0 Å². The Balaban J connectivity index is 2.36. The summed E-state index contributed by atoms with van der Waals surface area (Å²) >= 11 is 5.80. The molecule has 0 spiro atoms. The van der Waals surface area contributed by atoms with E-state index in [2.05, 4.69) is 5.10 Å². The first kappa shape index (κ1) is 12.0. The predicted molar refractivity (Wildman–Crippen MR) is 58.7 cm³/mol. The maximum Gasteiger partial charge on any atom is 0.416 e. The maximum absolute atomic E-state index is 12.3. The zero-order valence-corrected chi connectivity index (χ0v) is 9.55. The van der Waals surface area contributed by atoms with Gasteiger partial charge in [-0.05, 0) is 12.1 Å². The van der Waals surface area contributed by atoms with Crippen molar-refractivity contribution in [3.8, 4) is 11.3 Å². The lowest BCUT2D eigenvalue weighted by atomic mass is 10.1. The number of hydrogen-bond acceptors (Lipinski definition) is 1. The van der Waals surface area contributed by atoms with Gasteiger partial charge >= 0.3 is 6.18 Å². The lowest BCUT2D eigenvalue weighted by Crippen LogP contribution is -2.04. The zero-order chi connectivity index (χ0) is 12.6. The molecule has 2 rings (SSSR count). The average Bonchev–Trinajstić information content (AvgIpc) is 2.58. The Morgan fingerprint density at radius 2 is 1.76 bits per heavy atom. The number of halogens is 4. The molecule has 1 heterocycles. The molecule has 0 N–H and O–H groups in total. The van der Waals surface area contributed by atoms with Crippen LogP contribution in [0.3, 0.4) is 0 Å². The Hall–Kier alpha value is -1.49. The Morgan fingerprint density at radius 3 is 2.18 bits per heavy atom. The van der Waals surface area contributed by atoms with E-state index in [9.17, 15) is 13.2 Å². The van der Waals surface area contributed by atoms with Crippen LogP contribution in [0.4, 0.5) is 13.2 Å². The summed E-state index contributed by atoms with van der Waals surface area (Å²) in [4.78, 5) is 0. The van der Waals surface area contributed by atoms with Gasteiger partial charge < -0.3 is 0 Å². The third-order valence-electron chi connectivity index (χ3n) is 2.33. The van der Waals surface area contributed by atoms with Gasteiger partial charge in [-0.2, -0.15) is 18.3 Å². The Kier molecular flexibility index (Phi) is 2.87. The van der Waals surface area contributed by atoms with Gasteiger partial charge in [-0.15, -0.1) is 0 Å². The second-order valence-electron chi connectivity index (χ2n) is 3.55. The fraction of sp³-hybridized carbons (Fsp3) is 0.182. The molecule has 0 saturated carbocycles. The van der Waals surface area contributed by atoms with E-state index in [1.54, 1.807) is 13.1 Å². The fourth-order valence-corrected chi connectivity index (χ4v) is 1.56. The summed E-state index contributed by atoms with van der Waals surface area (Å²) < 4.78 is 38.5. The lowest BCUT2D eigenvalue weighted by molar-refractivity contribution is -0.137. The highest BCUT2D eigenvalue weighted by Crippen LogP contribution is 2.31. The zero-order valence-electron chi connectivity index (χ0n) is 8.79. The molecular formula is C11H8ClF3N2. The second-order valence-corrected chi connectivity index (χ2v) is 3.94. The number of nitrogens with zero attached hydrogens (tertiary/aromatic N) is 2. The van der Waals surface area contributed by atoms with Crippen LogP contribution in [0.25, 0.3) is 11.3 Å². The molecule has 1 aromatic carbocycles. The smallest absolute Gasteiger partial charge is 0.256 e. The standard InChI is InChI=1S/C11H8ClF3N2/c1-17-10(12)6-9(16-17)7-2-4-8(5-3-7)11(13,14)15/h2-6H,1H3. The van der Waals surface area contributed by atoms with Gasteiger partial charge in [0.25, 0.3) is 0 Å². The van der Waals surface area contributed by atoms with Crippen molar-refractivity contribution in [2.45, 2.75) is 6.18 Å². The van der Waals surface area contributed by atoms with Crippen molar-refractivity contribution in [1.82, 2.24) is 9.78 Å². The molecule has 6 heteroatoms.